The molecule has 1 aliphatic heterocycles. The maximum Gasteiger partial charge on any atom is 0.244 e. The van der Waals surface area contributed by atoms with Crippen LogP contribution in [0.15, 0.2) is 4.99 Å². The van der Waals surface area contributed by atoms with Crippen molar-refractivity contribution >= 4 is 35.4 Å². The van der Waals surface area contributed by atoms with Crippen LogP contribution in [0.3, 0.4) is 0 Å². The van der Waals surface area contributed by atoms with E-state index in [4.69, 9.17) is 12.2 Å². The highest BCUT2D eigenvalue weighted by molar-refractivity contribution is 7.80. The van der Waals surface area contributed by atoms with Crippen molar-refractivity contribution in [2.24, 2.45) is 10.9 Å². The van der Waals surface area contributed by atoms with Gasteiger partial charge in [0.25, 0.3) is 0 Å². The summed E-state index contributed by atoms with van der Waals surface area (Å²) in [7, 11) is 0. The number of thiocarbonyl (C=S) groups is 1. The minimum Gasteiger partial charge on any atom is -0.304 e. The Morgan fingerprint density at radius 1 is 1.26 bits per heavy atom. The van der Waals surface area contributed by atoms with Crippen LogP contribution in [0, 0.1) is 5.92 Å². The summed E-state index contributed by atoms with van der Waals surface area (Å²) in [5.41, 5.74) is 0. The van der Waals surface area contributed by atoms with Gasteiger partial charge < -0.3 is 15.5 Å². The van der Waals surface area contributed by atoms with Crippen LogP contribution in [0.25, 0.3) is 0 Å². The second-order valence-corrected chi connectivity index (χ2v) is 4.63. The predicted molar refractivity (Wildman–Crippen MR) is 78.1 cm³/mol. The van der Waals surface area contributed by atoms with Crippen molar-refractivity contribution in [2.45, 2.75) is 20.3 Å². The predicted octanol–water partition coefficient (Wildman–Crippen LogP) is -0.0638. The van der Waals surface area contributed by atoms with Crippen LogP contribution in [0.2, 0.25) is 0 Å². The van der Waals surface area contributed by atoms with Gasteiger partial charge in [-0.2, -0.15) is 0 Å². The smallest absolute Gasteiger partial charge is 0.244 e. The number of nitrogens with zero attached hydrogens (tertiary/aromatic N) is 2. The SMILES string of the molecule is CCN(CC)CCCN=CC1C(=O)NC(=S)NC1=O. The fourth-order valence-electron chi connectivity index (χ4n) is 1.77. The fourth-order valence-corrected chi connectivity index (χ4v) is 1.97. The molecule has 2 N–H and O–H groups in total. The average Bonchev–Trinajstić information content (AvgIpc) is 2.36. The number of aliphatic imine (C=N–C) groups is 1. The van der Waals surface area contributed by atoms with Gasteiger partial charge in [-0.1, -0.05) is 13.8 Å². The van der Waals surface area contributed by atoms with Crippen molar-refractivity contribution in [3.63, 3.8) is 0 Å². The van der Waals surface area contributed by atoms with Crippen molar-refractivity contribution in [3.8, 4) is 0 Å². The molecule has 0 aromatic carbocycles. The first-order chi connectivity index (χ1) is 9.08. The second-order valence-electron chi connectivity index (χ2n) is 4.22. The summed E-state index contributed by atoms with van der Waals surface area (Å²) < 4.78 is 0. The third kappa shape index (κ3) is 5.04. The molecular formula is C12H20N4O2S. The Balaban J connectivity index is 2.34. The lowest BCUT2D eigenvalue weighted by Gasteiger charge is -2.19. The molecule has 0 aromatic rings. The number of hydrogen-bond acceptors (Lipinski definition) is 5. The average molecular weight is 284 g/mol. The molecule has 1 aliphatic rings. The van der Waals surface area contributed by atoms with Gasteiger partial charge in [-0.15, -0.1) is 0 Å². The molecule has 0 saturated carbocycles. The van der Waals surface area contributed by atoms with E-state index in [2.05, 4.69) is 34.4 Å². The molecule has 0 aromatic heterocycles. The first kappa shape index (κ1) is 15.7. The van der Waals surface area contributed by atoms with Crippen LogP contribution in [-0.4, -0.2) is 54.2 Å². The molecule has 0 atom stereocenters. The second kappa shape index (κ2) is 7.96. The van der Waals surface area contributed by atoms with Crippen LogP contribution in [0.4, 0.5) is 0 Å². The summed E-state index contributed by atoms with van der Waals surface area (Å²) in [6.07, 6.45) is 2.31. The van der Waals surface area contributed by atoms with E-state index in [1.807, 2.05) is 0 Å². The van der Waals surface area contributed by atoms with Crippen LogP contribution in [0.5, 0.6) is 0 Å². The molecule has 0 radical (unpaired) electrons. The van der Waals surface area contributed by atoms with Crippen LogP contribution < -0.4 is 10.6 Å². The monoisotopic (exact) mass is 284 g/mol. The highest BCUT2D eigenvalue weighted by Crippen LogP contribution is 1.99. The molecule has 2 amide bonds. The van der Waals surface area contributed by atoms with Gasteiger partial charge in [0.2, 0.25) is 11.8 Å². The topological polar surface area (TPSA) is 73.8 Å². The van der Waals surface area contributed by atoms with Gasteiger partial charge in [0.15, 0.2) is 11.0 Å². The quantitative estimate of drug-likeness (QED) is 0.297. The summed E-state index contributed by atoms with van der Waals surface area (Å²) in [4.78, 5) is 29.5. The lowest BCUT2D eigenvalue weighted by atomic mass is 10.1. The van der Waals surface area contributed by atoms with E-state index in [9.17, 15) is 9.59 Å². The third-order valence-electron chi connectivity index (χ3n) is 2.95. The molecule has 1 saturated heterocycles. The Labute approximate surface area is 118 Å². The van der Waals surface area contributed by atoms with Crippen LogP contribution in [0.1, 0.15) is 20.3 Å². The molecule has 7 heteroatoms. The van der Waals surface area contributed by atoms with Crippen molar-refractivity contribution in [1.82, 2.24) is 15.5 Å². The molecule has 19 heavy (non-hydrogen) atoms. The Morgan fingerprint density at radius 3 is 2.37 bits per heavy atom. The standard InChI is InChI=1S/C12H20N4O2S/c1-3-16(4-2)7-5-6-13-8-9-10(17)14-12(19)15-11(9)18/h8-9H,3-7H2,1-2H3,(H2,14,15,17,18,19). The van der Waals surface area contributed by atoms with E-state index < -0.39 is 17.7 Å². The Morgan fingerprint density at radius 2 is 1.84 bits per heavy atom. The van der Waals surface area contributed by atoms with Gasteiger partial charge >= 0.3 is 0 Å². The number of amides is 2. The summed E-state index contributed by atoms with van der Waals surface area (Å²) in [5, 5.41) is 4.85. The Hall–Kier alpha value is -1.34. The highest BCUT2D eigenvalue weighted by atomic mass is 32.1. The van der Waals surface area contributed by atoms with E-state index in [0.717, 1.165) is 26.1 Å². The zero-order valence-electron chi connectivity index (χ0n) is 11.3. The van der Waals surface area contributed by atoms with Gasteiger partial charge in [-0.05, 0) is 38.3 Å². The van der Waals surface area contributed by atoms with E-state index in [-0.39, 0.29) is 5.11 Å². The summed E-state index contributed by atoms with van der Waals surface area (Å²) in [5.74, 6) is -1.71. The largest absolute Gasteiger partial charge is 0.304 e. The Kier molecular flexibility index (Phi) is 6.58. The highest BCUT2D eigenvalue weighted by Gasteiger charge is 2.30. The minimum absolute atomic E-state index is 0.0567. The molecule has 1 rings (SSSR count). The number of carbonyl (C=O) groups excluding carboxylic acids is 2. The maximum absolute atomic E-state index is 11.5. The van der Waals surface area contributed by atoms with Crippen molar-refractivity contribution in [3.05, 3.63) is 0 Å². The minimum atomic E-state index is -0.875. The van der Waals surface area contributed by atoms with Gasteiger partial charge in [0, 0.05) is 12.8 Å². The first-order valence-electron chi connectivity index (χ1n) is 6.46. The summed E-state index contributed by atoms with van der Waals surface area (Å²) in [6.45, 7) is 7.85. The lowest BCUT2D eigenvalue weighted by molar-refractivity contribution is -0.131. The maximum atomic E-state index is 11.5. The summed E-state index contributed by atoms with van der Waals surface area (Å²) >= 11 is 4.71. The number of nitrogens with one attached hydrogen (secondary N) is 2. The molecule has 0 spiro atoms. The summed E-state index contributed by atoms with van der Waals surface area (Å²) in [6, 6.07) is 0. The molecule has 1 heterocycles. The van der Waals surface area contributed by atoms with Crippen molar-refractivity contribution in [2.75, 3.05) is 26.2 Å². The fraction of sp³-hybridized carbons (Fsp3) is 0.667. The molecule has 6 nitrogen and oxygen atoms in total. The van der Waals surface area contributed by atoms with Crippen LogP contribution >= 0.6 is 12.2 Å². The number of carbonyl (C=O) groups is 2. The third-order valence-corrected chi connectivity index (χ3v) is 3.15. The normalized spacial score (nSPS) is 17.1. The zero-order chi connectivity index (χ0) is 14.3. The van der Waals surface area contributed by atoms with Gasteiger partial charge in [-0.25, -0.2) is 0 Å². The van der Waals surface area contributed by atoms with Gasteiger partial charge in [0.05, 0.1) is 0 Å². The van der Waals surface area contributed by atoms with E-state index in [0.29, 0.717) is 6.54 Å². The zero-order valence-corrected chi connectivity index (χ0v) is 12.1. The van der Waals surface area contributed by atoms with Gasteiger partial charge in [0.1, 0.15) is 0 Å². The van der Waals surface area contributed by atoms with Crippen LogP contribution in [-0.2, 0) is 9.59 Å². The van der Waals surface area contributed by atoms with E-state index in [1.54, 1.807) is 0 Å². The molecule has 0 bridgehead atoms. The van der Waals surface area contributed by atoms with E-state index >= 15 is 0 Å². The van der Waals surface area contributed by atoms with Crippen molar-refractivity contribution in [1.29, 1.82) is 0 Å². The molecular weight excluding hydrogens is 264 g/mol. The Bertz CT molecular complexity index is 360. The van der Waals surface area contributed by atoms with Crippen molar-refractivity contribution < 1.29 is 9.59 Å². The molecule has 1 fully saturated rings. The number of hydrogen-bond donors (Lipinski definition) is 2. The molecule has 0 unspecified atom stereocenters. The lowest BCUT2D eigenvalue weighted by Crippen LogP contribution is -2.56. The molecule has 0 aliphatic carbocycles. The van der Waals surface area contributed by atoms with E-state index in [1.165, 1.54) is 6.21 Å². The number of rotatable bonds is 7. The molecule has 106 valence electrons. The first-order valence-corrected chi connectivity index (χ1v) is 6.87. The van der Waals surface area contributed by atoms with Gasteiger partial charge in [-0.3, -0.25) is 14.6 Å².